The van der Waals surface area contributed by atoms with Crippen molar-refractivity contribution in [3.63, 3.8) is 0 Å². The van der Waals surface area contributed by atoms with E-state index in [1.54, 1.807) is 24.3 Å². The number of ether oxygens (including phenoxy) is 2. The molecule has 1 fully saturated rings. The molecule has 5 rings (SSSR count). The normalized spacial score (nSPS) is 19.4. The molecule has 0 aromatic heterocycles. The first kappa shape index (κ1) is 16.3. The quantitative estimate of drug-likeness (QED) is 0.829. The summed E-state index contributed by atoms with van der Waals surface area (Å²) in [6.45, 7) is 0.981. The third-order valence-electron chi connectivity index (χ3n) is 5.09. The zero-order valence-corrected chi connectivity index (χ0v) is 15.0. The van der Waals surface area contributed by atoms with Gasteiger partial charge in [-0.05, 0) is 31.0 Å². The Kier molecular flexibility index (Phi) is 3.65. The third kappa shape index (κ3) is 2.66. The van der Waals surface area contributed by atoms with Crippen LogP contribution < -0.4 is 25.0 Å². The van der Waals surface area contributed by atoms with Crippen molar-refractivity contribution in [2.24, 2.45) is 0 Å². The largest absolute Gasteiger partial charge is 0.454 e. The average molecular weight is 386 g/mol. The van der Waals surface area contributed by atoms with E-state index in [0.29, 0.717) is 33.5 Å². The molecule has 138 valence electrons. The number of amides is 2. The van der Waals surface area contributed by atoms with Gasteiger partial charge in [0.15, 0.2) is 11.5 Å². The van der Waals surface area contributed by atoms with Gasteiger partial charge < -0.3 is 25.0 Å². The number of halogens is 1. The Labute approximate surface area is 160 Å². The van der Waals surface area contributed by atoms with Crippen LogP contribution in [-0.4, -0.2) is 31.2 Å². The molecule has 0 aliphatic carbocycles. The lowest BCUT2D eigenvalue weighted by Gasteiger charge is -2.33. The van der Waals surface area contributed by atoms with Gasteiger partial charge in [-0.3, -0.25) is 9.59 Å². The lowest BCUT2D eigenvalue weighted by atomic mass is 10.1. The van der Waals surface area contributed by atoms with E-state index < -0.39 is 0 Å². The summed E-state index contributed by atoms with van der Waals surface area (Å²) >= 11 is 6.22. The highest BCUT2D eigenvalue weighted by molar-refractivity contribution is 6.34. The van der Waals surface area contributed by atoms with E-state index in [-0.39, 0.29) is 24.6 Å². The highest BCUT2D eigenvalue weighted by Crippen LogP contribution is 2.40. The number of hydrogen-bond acceptors (Lipinski definition) is 5. The van der Waals surface area contributed by atoms with Crippen molar-refractivity contribution in [1.82, 2.24) is 0 Å². The highest BCUT2D eigenvalue weighted by Gasteiger charge is 2.36. The molecule has 1 saturated heterocycles. The first-order chi connectivity index (χ1) is 13.1. The molecule has 3 aliphatic rings. The van der Waals surface area contributed by atoms with Gasteiger partial charge in [0.2, 0.25) is 12.7 Å². The molecule has 0 unspecified atom stereocenters. The Bertz CT molecular complexity index is 978. The van der Waals surface area contributed by atoms with E-state index >= 15 is 0 Å². The maximum absolute atomic E-state index is 12.7. The van der Waals surface area contributed by atoms with Crippen LogP contribution in [0.5, 0.6) is 11.5 Å². The number of carbonyl (C=O) groups excluding carboxylic acids is 2. The molecule has 0 radical (unpaired) electrons. The van der Waals surface area contributed by atoms with E-state index in [9.17, 15) is 9.59 Å². The molecular formula is C19H16ClN3O4. The number of hydrogen-bond donors (Lipinski definition) is 2. The van der Waals surface area contributed by atoms with Crippen LogP contribution in [0.3, 0.4) is 0 Å². The molecule has 7 nitrogen and oxygen atoms in total. The fraction of sp³-hybridized carbons (Fsp3) is 0.263. The summed E-state index contributed by atoms with van der Waals surface area (Å²) in [4.78, 5) is 27.1. The molecule has 1 atom stereocenters. The molecule has 2 N–H and O–H groups in total. The Hall–Kier alpha value is -2.93. The molecule has 2 amide bonds. The molecule has 0 spiro atoms. The van der Waals surface area contributed by atoms with Crippen LogP contribution >= 0.6 is 11.6 Å². The van der Waals surface area contributed by atoms with Gasteiger partial charge in [0, 0.05) is 24.2 Å². The van der Waals surface area contributed by atoms with Gasteiger partial charge in [0.05, 0.1) is 22.1 Å². The molecule has 0 bridgehead atoms. The molecule has 3 aliphatic heterocycles. The second-order valence-electron chi connectivity index (χ2n) is 6.71. The second-order valence-corrected chi connectivity index (χ2v) is 7.12. The molecule has 8 heteroatoms. The third-order valence-corrected chi connectivity index (χ3v) is 5.40. The van der Waals surface area contributed by atoms with Crippen molar-refractivity contribution in [2.45, 2.75) is 18.9 Å². The molecule has 0 saturated carbocycles. The fourth-order valence-electron chi connectivity index (χ4n) is 3.78. The summed E-state index contributed by atoms with van der Waals surface area (Å²) in [5, 5.41) is 6.06. The number of carbonyl (C=O) groups is 2. The van der Waals surface area contributed by atoms with Crippen LogP contribution in [-0.2, 0) is 4.79 Å². The zero-order valence-electron chi connectivity index (χ0n) is 14.3. The van der Waals surface area contributed by atoms with Gasteiger partial charge >= 0.3 is 0 Å². The van der Waals surface area contributed by atoms with Crippen molar-refractivity contribution in [3.05, 3.63) is 40.9 Å². The molecule has 27 heavy (non-hydrogen) atoms. The first-order valence-corrected chi connectivity index (χ1v) is 9.10. The van der Waals surface area contributed by atoms with Gasteiger partial charge in [0.25, 0.3) is 5.91 Å². The Morgan fingerprint density at radius 2 is 2.04 bits per heavy atom. The molecule has 3 heterocycles. The van der Waals surface area contributed by atoms with Crippen molar-refractivity contribution in [2.75, 3.05) is 28.9 Å². The van der Waals surface area contributed by atoms with Crippen molar-refractivity contribution >= 4 is 40.5 Å². The van der Waals surface area contributed by atoms with E-state index in [0.717, 1.165) is 25.1 Å². The number of rotatable bonds is 2. The lowest BCUT2D eigenvalue weighted by Crippen LogP contribution is -2.43. The fourth-order valence-corrected chi connectivity index (χ4v) is 3.98. The van der Waals surface area contributed by atoms with Gasteiger partial charge in [-0.15, -0.1) is 0 Å². The first-order valence-electron chi connectivity index (χ1n) is 8.72. The van der Waals surface area contributed by atoms with Gasteiger partial charge in [-0.1, -0.05) is 11.6 Å². The number of fused-ring (bicyclic) bond motifs is 4. The SMILES string of the molecule is O=C(Nc1cc2c(cc1Cl)OCO2)c1ccc2c(c1)NC(=O)[C@@H]1CCCN21. The monoisotopic (exact) mass is 385 g/mol. The van der Waals surface area contributed by atoms with Gasteiger partial charge in [-0.2, -0.15) is 0 Å². The summed E-state index contributed by atoms with van der Waals surface area (Å²) in [6.07, 6.45) is 1.85. The number of nitrogens with one attached hydrogen (secondary N) is 2. The van der Waals surface area contributed by atoms with E-state index in [1.165, 1.54) is 0 Å². The number of anilines is 3. The van der Waals surface area contributed by atoms with Crippen molar-refractivity contribution in [1.29, 1.82) is 0 Å². The summed E-state index contributed by atoms with van der Waals surface area (Å²) in [6, 6.07) is 8.46. The van der Waals surface area contributed by atoms with Crippen LogP contribution in [0.4, 0.5) is 17.1 Å². The summed E-state index contributed by atoms with van der Waals surface area (Å²) in [5.74, 6) is 0.745. The number of benzene rings is 2. The van der Waals surface area contributed by atoms with Crippen LogP contribution in [0.15, 0.2) is 30.3 Å². The van der Waals surface area contributed by atoms with Crippen LogP contribution in [0.1, 0.15) is 23.2 Å². The summed E-state index contributed by atoms with van der Waals surface area (Å²) in [5.41, 5.74) is 2.48. The van der Waals surface area contributed by atoms with E-state index in [1.807, 2.05) is 6.07 Å². The summed E-state index contributed by atoms with van der Waals surface area (Å²) in [7, 11) is 0. The maximum Gasteiger partial charge on any atom is 0.255 e. The molecular weight excluding hydrogens is 370 g/mol. The Morgan fingerprint density at radius 1 is 1.22 bits per heavy atom. The Balaban J connectivity index is 1.42. The van der Waals surface area contributed by atoms with Crippen LogP contribution in [0.25, 0.3) is 0 Å². The predicted molar refractivity (Wildman–Crippen MR) is 101 cm³/mol. The van der Waals surface area contributed by atoms with E-state index in [4.69, 9.17) is 21.1 Å². The topological polar surface area (TPSA) is 79.9 Å². The number of nitrogens with zero attached hydrogens (tertiary/aromatic N) is 1. The second kappa shape index (κ2) is 6.06. The average Bonchev–Trinajstić information content (AvgIpc) is 3.31. The predicted octanol–water partition coefficient (Wildman–Crippen LogP) is 3.24. The van der Waals surface area contributed by atoms with Gasteiger partial charge in [0.1, 0.15) is 6.04 Å². The van der Waals surface area contributed by atoms with E-state index in [2.05, 4.69) is 15.5 Å². The lowest BCUT2D eigenvalue weighted by molar-refractivity contribution is -0.117. The van der Waals surface area contributed by atoms with Crippen molar-refractivity contribution < 1.29 is 19.1 Å². The smallest absolute Gasteiger partial charge is 0.255 e. The zero-order chi connectivity index (χ0) is 18.5. The minimum Gasteiger partial charge on any atom is -0.454 e. The minimum absolute atomic E-state index is 0.0172. The Morgan fingerprint density at radius 3 is 2.89 bits per heavy atom. The van der Waals surface area contributed by atoms with Crippen LogP contribution in [0.2, 0.25) is 5.02 Å². The highest BCUT2D eigenvalue weighted by atomic mass is 35.5. The summed E-state index contributed by atoms with van der Waals surface area (Å²) < 4.78 is 10.6. The molecule has 2 aromatic rings. The standard InChI is InChI=1S/C19H16ClN3O4/c20-11-7-16-17(27-9-26-16)8-12(11)21-18(24)10-3-4-14-13(6-10)22-19(25)15-2-1-5-23(14)15/h3-4,6-8,15H,1-2,5,9H2,(H,21,24)(H,22,25)/t15-/m0/s1. The van der Waals surface area contributed by atoms with Gasteiger partial charge in [-0.25, -0.2) is 0 Å². The molecule has 2 aromatic carbocycles. The maximum atomic E-state index is 12.7. The van der Waals surface area contributed by atoms with Crippen LogP contribution in [0, 0.1) is 0 Å². The van der Waals surface area contributed by atoms with Crippen molar-refractivity contribution in [3.8, 4) is 11.5 Å². The minimum atomic E-state index is -0.323.